The molecular formula is C20H21F3N4O. The minimum absolute atomic E-state index is 0.299. The first-order chi connectivity index (χ1) is 13.4. The van der Waals surface area contributed by atoms with Gasteiger partial charge in [0.25, 0.3) is 0 Å². The summed E-state index contributed by atoms with van der Waals surface area (Å²) in [5.74, 6) is 0. The highest BCUT2D eigenvalue weighted by Crippen LogP contribution is 2.32. The smallest absolute Gasteiger partial charge is 0.314 e. The van der Waals surface area contributed by atoms with Gasteiger partial charge in [-0.25, -0.2) is 4.79 Å². The van der Waals surface area contributed by atoms with Gasteiger partial charge in [0.2, 0.25) is 0 Å². The molecule has 1 saturated heterocycles. The largest absolute Gasteiger partial charge is 0.416 e. The predicted molar refractivity (Wildman–Crippen MR) is 101 cm³/mol. The highest BCUT2D eigenvalue weighted by Gasteiger charge is 2.30. The average Bonchev–Trinajstić information content (AvgIpc) is 2.67. The Morgan fingerprint density at radius 2 is 1.75 bits per heavy atom. The van der Waals surface area contributed by atoms with Crippen LogP contribution in [0.25, 0.3) is 0 Å². The lowest BCUT2D eigenvalue weighted by Gasteiger charge is -2.41. The van der Waals surface area contributed by atoms with Crippen molar-refractivity contribution in [2.24, 2.45) is 0 Å². The molecule has 0 radical (unpaired) electrons. The molecule has 4 rings (SSSR count). The summed E-state index contributed by atoms with van der Waals surface area (Å²) in [4.78, 5) is 14.7. The Bertz CT molecular complexity index is 867. The van der Waals surface area contributed by atoms with E-state index in [1.54, 1.807) is 0 Å². The second-order valence-electron chi connectivity index (χ2n) is 7.07. The van der Waals surface area contributed by atoms with Gasteiger partial charge >= 0.3 is 12.2 Å². The van der Waals surface area contributed by atoms with Crippen LogP contribution in [-0.4, -0.2) is 37.1 Å². The summed E-state index contributed by atoms with van der Waals surface area (Å²) in [6.45, 7) is 3.98. The first-order valence-electron chi connectivity index (χ1n) is 9.23. The first-order valence-corrected chi connectivity index (χ1v) is 9.23. The van der Waals surface area contributed by atoms with Gasteiger partial charge in [0.1, 0.15) is 0 Å². The Hall–Kier alpha value is -2.58. The van der Waals surface area contributed by atoms with E-state index in [0.717, 1.165) is 44.7 Å². The van der Waals surface area contributed by atoms with Crippen molar-refractivity contribution in [2.75, 3.05) is 36.8 Å². The van der Waals surface area contributed by atoms with Gasteiger partial charge < -0.3 is 16.0 Å². The van der Waals surface area contributed by atoms with Crippen molar-refractivity contribution in [2.45, 2.75) is 18.6 Å². The molecule has 3 N–H and O–H groups in total. The van der Waals surface area contributed by atoms with E-state index in [0.29, 0.717) is 17.4 Å². The van der Waals surface area contributed by atoms with E-state index in [1.807, 2.05) is 18.2 Å². The normalized spacial score (nSPS) is 19.5. The number of nitrogens with one attached hydrogen (secondary N) is 3. The van der Waals surface area contributed by atoms with Crippen LogP contribution in [0.2, 0.25) is 0 Å². The Kier molecular flexibility index (Phi) is 4.99. The third-order valence-corrected chi connectivity index (χ3v) is 5.25. The van der Waals surface area contributed by atoms with Crippen molar-refractivity contribution in [3.05, 3.63) is 59.2 Å². The van der Waals surface area contributed by atoms with Crippen LogP contribution in [0.4, 0.5) is 29.3 Å². The molecule has 0 bridgehead atoms. The van der Waals surface area contributed by atoms with Gasteiger partial charge in [0, 0.05) is 43.6 Å². The van der Waals surface area contributed by atoms with Gasteiger partial charge in [-0.2, -0.15) is 13.2 Å². The molecule has 2 aliphatic rings. The van der Waals surface area contributed by atoms with Crippen molar-refractivity contribution >= 4 is 17.4 Å². The quantitative estimate of drug-likeness (QED) is 0.730. The van der Waals surface area contributed by atoms with E-state index < -0.39 is 17.8 Å². The number of alkyl halides is 3. The Morgan fingerprint density at radius 1 is 1.04 bits per heavy atom. The fraction of sp³-hybridized carbons (Fsp3) is 0.350. The van der Waals surface area contributed by atoms with Crippen LogP contribution in [0.1, 0.15) is 22.7 Å². The highest BCUT2D eigenvalue weighted by atomic mass is 19.4. The minimum Gasteiger partial charge on any atom is -0.314 e. The lowest BCUT2D eigenvalue weighted by Crippen LogP contribution is -2.48. The number of benzene rings is 2. The fourth-order valence-corrected chi connectivity index (χ4v) is 3.85. The number of hydrogen-bond donors (Lipinski definition) is 3. The van der Waals surface area contributed by atoms with Gasteiger partial charge in [-0.3, -0.25) is 4.90 Å². The maximum atomic E-state index is 12.6. The number of fused-ring (bicyclic) bond motifs is 3. The predicted octanol–water partition coefficient (Wildman–Crippen LogP) is 3.85. The number of nitrogens with zero attached hydrogens (tertiary/aromatic N) is 1. The molecule has 1 fully saturated rings. The van der Waals surface area contributed by atoms with Crippen LogP contribution >= 0.6 is 0 Å². The average molecular weight is 390 g/mol. The van der Waals surface area contributed by atoms with Gasteiger partial charge in [-0.05, 0) is 53.9 Å². The Balaban J connectivity index is 1.41. The molecule has 148 valence electrons. The van der Waals surface area contributed by atoms with Gasteiger partial charge in [-0.1, -0.05) is 6.07 Å². The fourth-order valence-electron chi connectivity index (χ4n) is 3.85. The number of amides is 2. The third kappa shape index (κ3) is 3.98. The number of urea groups is 1. The van der Waals surface area contributed by atoms with Crippen LogP contribution in [0.5, 0.6) is 0 Å². The highest BCUT2D eigenvalue weighted by molar-refractivity contribution is 5.99. The lowest BCUT2D eigenvalue weighted by molar-refractivity contribution is -0.137. The zero-order valence-electron chi connectivity index (χ0n) is 15.1. The molecule has 28 heavy (non-hydrogen) atoms. The second-order valence-corrected chi connectivity index (χ2v) is 7.07. The SMILES string of the molecule is O=C(Nc1ccc(C(F)(F)F)cc1)Nc1ccc2c(c1)CCN1CCNC[C@@H]21. The summed E-state index contributed by atoms with van der Waals surface area (Å²) in [5, 5.41) is 8.74. The number of anilines is 2. The van der Waals surface area contributed by atoms with E-state index >= 15 is 0 Å². The van der Waals surface area contributed by atoms with E-state index in [2.05, 4.69) is 20.9 Å². The molecule has 0 unspecified atom stereocenters. The van der Waals surface area contributed by atoms with E-state index in [-0.39, 0.29) is 0 Å². The number of rotatable bonds is 2. The summed E-state index contributed by atoms with van der Waals surface area (Å²) in [6, 6.07) is 10.1. The van der Waals surface area contributed by atoms with Crippen molar-refractivity contribution in [1.82, 2.24) is 10.2 Å². The summed E-state index contributed by atoms with van der Waals surface area (Å²) >= 11 is 0. The molecule has 0 saturated carbocycles. The lowest BCUT2D eigenvalue weighted by atomic mass is 9.91. The third-order valence-electron chi connectivity index (χ3n) is 5.25. The van der Waals surface area contributed by atoms with E-state index in [4.69, 9.17) is 0 Å². The molecule has 1 atom stereocenters. The zero-order valence-corrected chi connectivity index (χ0v) is 15.1. The number of hydrogen-bond acceptors (Lipinski definition) is 3. The van der Waals surface area contributed by atoms with Gasteiger partial charge in [-0.15, -0.1) is 0 Å². The maximum absolute atomic E-state index is 12.6. The topological polar surface area (TPSA) is 56.4 Å². The zero-order chi connectivity index (χ0) is 19.7. The van der Waals surface area contributed by atoms with Crippen LogP contribution in [0, 0.1) is 0 Å². The molecular weight excluding hydrogens is 369 g/mol. The van der Waals surface area contributed by atoms with Crippen LogP contribution in [0.15, 0.2) is 42.5 Å². The molecule has 0 aliphatic carbocycles. The second kappa shape index (κ2) is 7.44. The van der Waals surface area contributed by atoms with E-state index in [9.17, 15) is 18.0 Å². The van der Waals surface area contributed by atoms with Crippen molar-refractivity contribution in [1.29, 1.82) is 0 Å². The molecule has 2 aromatic carbocycles. The van der Waals surface area contributed by atoms with E-state index in [1.165, 1.54) is 23.3 Å². The van der Waals surface area contributed by atoms with Crippen LogP contribution < -0.4 is 16.0 Å². The standard InChI is InChI=1S/C20H21F3N4O/c21-20(22,23)14-1-3-15(4-2-14)25-19(28)26-16-5-6-17-13(11-16)7-9-27-10-8-24-12-18(17)27/h1-6,11,18,24H,7-10,12H2,(H2,25,26,28)/t18-/m0/s1. The maximum Gasteiger partial charge on any atom is 0.416 e. The van der Waals surface area contributed by atoms with Crippen molar-refractivity contribution < 1.29 is 18.0 Å². The summed E-state index contributed by atoms with van der Waals surface area (Å²) in [5.41, 5.74) is 2.72. The van der Waals surface area contributed by atoms with Gasteiger partial charge in [0.05, 0.1) is 5.56 Å². The molecule has 2 amide bonds. The number of halogens is 3. The van der Waals surface area contributed by atoms with Crippen LogP contribution in [0.3, 0.4) is 0 Å². The molecule has 0 aromatic heterocycles. The van der Waals surface area contributed by atoms with Gasteiger partial charge in [0.15, 0.2) is 0 Å². The summed E-state index contributed by atoms with van der Waals surface area (Å²) in [6.07, 6.45) is -3.46. The van der Waals surface area contributed by atoms with Crippen molar-refractivity contribution in [3.63, 3.8) is 0 Å². The summed E-state index contributed by atoms with van der Waals surface area (Å²) in [7, 11) is 0. The van der Waals surface area contributed by atoms with Crippen molar-refractivity contribution in [3.8, 4) is 0 Å². The molecule has 5 nitrogen and oxygen atoms in total. The first kappa shape index (κ1) is 18.8. The number of piperazine rings is 1. The molecule has 0 spiro atoms. The Labute approximate surface area is 160 Å². The molecule has 8 heteroatoms. The van der Waals surface area contributed by atoms with Crippen LogP contribution in [-0.2, 0) is 12.6 Å². The molecule has 2 heterocycles. The molecule has 2 aliphatic heterocycles. The minimum atomic E-state index is -4.40. The molecule has 2 aromatic rings. The number of carbonyl (C=O) groups excluding carboxylic acids is 1. The number of carbonyl (C=O) groups is 1. The monoisotopic (exact) mass is 390 g/mol. The Morgan fingerprint density at radius 3 is 2.50 bits per heavy atom. The summed E-state index contributed by atoms with van der Waals surface area (Å²) < 4.78 is 37.8.